The molecule has 78 valence electrons. The Balaban J connectivity index is 2.49. The average Bonchev–Trinajstić information content (AvgIpc) is 2.59. The molecular weight excluding hydrogens is 212 g/mol. The molecule has 0 fully saturated rings. The van der Waals surface area contributed by atoms with E-state index >= 15 is 0 Å². The minimum atomic E-state index is 0.381. The van der Waals surface area contributed by atoms with Crippen LogP contribution < -0.4 is 11.5 Å². The van der Waals surface area contributed by atoms with Gasteiger partial charge in [0.1, 0.15) is 5.82 Å². The van der Waals surface area contributed by atoms with Gasteiger partial charge in [-0.1, -0.05) is 17.7 Å². The van der Waals surface area contributed by atoms with Gasteiger partial charge in [-0.05, 0) is 18.2 Å². The van der Waals surface area contributed by atoms with Crippen molar-refractivity contribution in [3.63, 3.8) is 0 Å². The molecule has 0 atom stereocenters. The molecule has 2 rings (SSSR count). The summed E-state index contributed by atoms with van der Waals surface area (Å²) in [4.78, 5) is 0. The number of hydrogen-bond donors (Lipinski definition) is 2. The summed E-state index contributed by atoms with van der Waals surface area (Å²) in [5.74, 6) is 0.555. The fourth-order valence-corrected chi connectivity index (χ4v) is 1.55. The lowest BCUT2D eigenvalue weighted by atomic mass is 10.3. The van der Waals surface area contributed by atoms with Crippen molar-refractivity contribution in [3.05, 3.63) is 41.0 Å². The molecule has 0 amide bonds. The summed E-state index contributed by atoms with van der Waals surface area (Å²) in [5, 5.41) is 4.80. The van der Waals surface area contributed by atoms with Crippen molar-refractivity contribution >= 4 is 17.4 Å². The Morgan fingerprint density at radius 3 is 2.80 bits per heavy atom. The largest absolute Gasteiger partial charge is 0.383 e. The zero-order chi connectivity index (χ0) is 10.8. The minimum absolute atomic E-state index is 0.381. The lowest BCUT2D eigenvalue weighted by Gasteiger charge is -2.04. The lowest BCUT2D eigenvalue weighted by molar-refractivity contribution is 0.891. The molecule has 2 aromatic rings. The molecule has 0 aliphatic heterocycles. The smallest absolute Gasteiger partial charge is 0.131 e. The quantitative estimate of drug-likeness (QED) is 0.810. The third-order valence-electron chi connectivity index (χ3n) is 2.16. The van der Waals surface area contributed by atoms with E-state index in [1.165, 1.54) is 0 Å². The Labute approximate surface area is 92.4 Å². The van der Waals surface area contributed by atoms with Gasteiger partial charge in [0.2, 0.25) is 0 Å². The van der Waals surface area contributed by atoms with E-state index in [4.69, 9.17) is 23.1 Å². The Morgan fingerprint density at radius 1 is 1.40 bits per heavy atom. The normalized spacial score (nSPS) is 10.5. The molecule has 0 unspecified atom stereocenters. The molecule has 1 heterocycles. The van der Waals surface area contributed by atoms with Gasteiger partial charge in [-0.2, -0.15) is 5.10 Å². The van der Waals surface area contributed by atoms with Crippen LogP contribution in [0.15, 0.2) is 30.5 Å². The molecule has 0 spiro atoms. The van der Waals surface area contributed by atoms with Gasteiger partial charge in [0, 0.05) is 17.1 Å². The van der Waals surface area contributed by atoms with E-state index in [9.17, 15) is 0 Å². The summed E-state index contributed by atoms with van der Waals surface area (Å²) in [7, 11) is 0. The van der Waals surface area contributed by atoms with Crippen LogP contribution in [-0.2, 0) is 6.54 Å². The molecule has 4 N–H and O–H groups in total. The second-order valence-corrected chi connectivity index (χ2v) is 3.59. The number of nitrogens with two attached hydrogens (primary N) is 2. The lowest BCUT2D eigenvalue weighted by Crippen LogP contribution is -2.05. The van der Waals surface area contributed by atoms with Gasteiger partial charge in [0.05, 0.1) is 11.9 Å². The SMILES string of the molecule is NCc1cnn(-c2cccc(Cl)c2)c1N. The zero-order valence-electron chi connectivity index (χ0n) is 8.02. The molecule has 5 heteroatoms. The van der Waals surface area contributed by atoms with Crippen LogP contribution in [0.1, 0.15) is 5.56 Å². The number of hydrogen-bond acceptors (Lipinski definition) is 3. The Bertz CT molecular complexity index is 478. The highest BCUT2D eigenvalue weighted by atomic mass is 35.5. The average molecular weight is 223 g/mol. The molecule has 4 nitrogen and oxygen atoms in total. The second-order valence-electron chi connectivity index (χ2n) is 3.15. The number of nitrogen functional groups attached to an aromatic ring is 1. The number of halogens is 1. The third kappa shape index (κ3) is 1.82. The summed E-state index contributed by atoms with van der Waals surface area (Å²) in [5.41, 5.74) is 13.0. The molecule has 15 heavy (non-hydrogen) atoms. The number of rotatable bonds is 2. The van der Waals surface area contributed by atoms with Crippen LogP contribution in [-0.4, -0.2) is 9.78 Å². The number of aromatic nitrogens is 2. The van der Waals surface area contributed by atoms with Crippen LogP contribution >= 0.6 is 11.6 Å². The molecule has 0 radical (unpaired) electrons. The van der Waals surface area contributed by atoms with Gasteiger partial charge in [-0.25, -0.2) is 4.68 Å². The van der Waals surface area contributed by atoms with E-state index in [0.717, 1.165) is 11.3 Å². The third-order valence-corrected chi connectivity index (χ3v) is 2.39. The van der Waals surface area contributed by atoms with Crippen LogP contribution in [0.5, 0.6) is 0 Å². The van der Waals surface area contributed by atoms with Crippen molar-refractivity contribution in [2.75, 3.05) is 5.73 Å². The number of nitrogens with zero attached hydrogens (tertiary/aromatic N) is 2. The summed E-state index contributed by atoms with van der Waals surface area (Å²) < 4.78 is 1.62. The molecule has 0 aliphatic rings. The van der Waals surface area contributed by atoms with Gasteiger partial charge in [0.25, 0.3) is 0 Å². The van der Waals surface area contributed by atoms with Crippen molar-refractivity contribution in [2.24, 2.45) is 5.73 Å². The fraction of sp³-hybridized carbons (Fsp3) is 0.100. The van der Waals surface area contributed by atoms with Crippen molar-refractivity contribution < 1.29 is 0 Å². The topological polar surface area (TPSA) is 69.9 Å². The summed E-state index contributed by atoms with van der Waals surface area (Å²) >= 11 is 5.88. The molecular formula is C10H11ClN4. The van der Waals surface area contributed by atoms with Crippen molar-refractivity contribution in [2.45, 2.75) is 6.54 Å². The number of anilines is 1. The zero-order valence-corrected chi connectivity index (χ0v) is 8.78. The van der Waals surface area contributed by atoms with E-state index in [2.05, 4.69) is 5.10 Å². The minimum Gasteiger partial charge on any atom is -0.383 e. The van der Waals surface area contributed by atoms with Crippen LogP contribution in [0.25, 0.3) is 5.69 Å². The van der Waals surface area contributed by atoms with Crippen LogP contribution in [0, 0.1) is 0 Å². The van der Waals surface area contributed by atoms with E-state index in [-0.39, 0.29) is 0 Å². The highest BCUT2D eigenvalue weighted by Gasteiger charge is 2.07. The second kappa shape index (κ2) is 3.92. The Kier molecular flexibility index (Phi) is 2.62. The van der Waals surface area contributed by atoms with Crippen molar-refractivity contribution in [1.29, 1.82) is 0 Å². The van der Waals surface area contributed by atoms with E-state index < -0.39 is 0 Å². The molecule has 0 aliphatic carbocycles. The predicted octanol–water partition coefficient (Wildman–Crippen LogP) is 1.57. The van der Waals surface area contributed by atoms with E-state index in [1.807, 2.05) is 12.1 Å². The molecule has 0 saturated carbocycles. The maximum absolute atomic E-state index is 5.88. The van der Waals surface area contributed by atoms with Gasteiger partial charge < -0.3 is 11.5 Å². The molecule has 0 bridgehead atoms. The van der Waals surface area contributed by atoms with Crippen molar-refractivity contribution in [1.82, 2.24) is 9.78 Å². The number of benzene rings is 1. The summed E-state index contributed by atoms with van der Waals surface area (Å²) in [6.07, 6.45) is 1.66. The first-order chi connectivity index (χ1) is 7.22. The Hall–Kier alpha value is -1.52. The van der Waals surface area contributed by atoms with Crippen molar-refractivity contribution in [3.8, 4) is 5.69 Å². The fourth-order valence-electron chi connectivity index (χ4n) is 1.36. The van der Waals surface area contributed by atoms with Crippen LogP contribution in [0.3, 0.4) is 0 Å². The highest BCUT2D eigenvalue weighted by Crippen LogP contribution is 2.19. The predicted molar refractivity (Wildman–Crippen MR) is 60.9 cm³/mol. The van der Waals surface area contributed by atoms with E-state index in [0.29, 0.717) is 17.4 Å². The highest BCUT2D eigenvalue weighted by molar-refractivity contribution is 6.30. The summed E-state index contributed by atoms with van der Waals surface area (Å²) in [6, 6.07) is 7.33. The van der Waals surface area contributed by atoms with E-state index in [1.54, 1.807) is 23.0 Å². The Morgan fingerprint density at radius 2 is 2.20 bits per heavy atom. The maximum atomic E-state index is 5.88. The van der Waals surface area contributed by atoms with Gasteiger partial charge in [0.15, 0.2) is 0 Å². The maximum Gasteiger partial charge on any atom is 0.131 e. The molecule has 0 saturated heterocycles. The van der Waals surface area contributed by atoms with Gasteiger partial charge in [-0.15, -0.1) is 0 Å². The van der Waals surface area contributed by atoms with Gasteiger partial charge in [-0.3, -0.25) is 0 Å². The first kappa shape index (κ1) is 10.0. The summed E-state index contributed by atoms with van der Waals surface area (Å²) in [6.45, 7) is 0.381. The standard InChI is InChI=1S/C10H11ClN4/c11-8-2-1-3-9(4-8)15-10(13)7(5-12)6-14-15/h1-4,6H,5,12-13H2. The first-order valence-corrected chi connectivity index (χ1v) is 4.88. The molecule has 1 aromatic heterocycles. The van der Waals surface area contributed by atoms with Crippen LogP contribution in [0.4, 0.5) is 5.82 Å². The van der Waals surface area contributed by atoms with Gasteiger partial charge >= 0.3 is 0 Å². The van der Waals surface area contributed by atoms with Crippen LogP contribution in [0.2, 0.25) is 5.02 Å². The monoisotopic (exact) mass is 222 g/mol. The molecule has 1 aromatic carbocycles. The first-order valence-electron chi connectivity index (χ1n) is 4.50.